The Morgan fingerprint density at radius 3 is 2.73 bits per heavy atom. The summed E-state index contributed by atoms with van der Waals surface area (Å²) in [6.45, 7) is 0. The number of ether oxygens (including phenoxy) is 1. The molecule has 0 saturated heterocycles. The molecule has 0 spiro atoms. The number of phenolic OH excluding ortho intramolecular Hbond substituents is 1. The number of aromatic hydroxyl groups is 1. The van der Waals surface area contributed by atoms with Crippen LogP contribution >= 0.6 is 0 Å². The van der Waals surface area contributed by atoms with E-state index in [4.69, 9.17) is 14.5 Å². The molecule has 5 nitrogen and oxygen atoms in total. The Hall–Kier alpha value is -2.47. The molecule has 2 aromatic carbocycles. The Kier molecular flexibility index (Phi) is 4.02. The molecule has 0 radical (unpaired) electrons. The van der Waals surface area contributed by atoms with Gasteiger partial charge in [-0.2, -0.15) is 0 Å². The summed E-state index contributed by atoms with van der Waals surface area (Å²) in [5.41, 5.74) is 1.50. The SMILES string of the molecule is O=C(O)CCC1OBc2c1ccc(Oc1ccccc1)c2O. The molecule has 1 atom stereocenters. The standard InChI is InChI=1S/C16H15BO5/c18-14(19)9-8-12-11-6-7-13(16(20)15(11)17-22-12)21-10-4-2-1-3-5-10/h1-7,12,17,20H,8-9H2,(H,18,19). The van der Waals surface area contributed by atoms with E-state index in [2.05, 4.69) is 0 Å². The zero-order chi connectivity index (χ0) is 15.5. The van der Waals surface area contributed by atoms with Gasteiger partial charge in [-0.15, -0.1) is 0 Å². The van der Waals surface area contributed by atoms with Crippen LogP contribution < -0.4 is 10.2 Å². The zero-order valence-corrected chi connectivity index (χ0v) is 11.9. The highest BCUT2D eigenvalue weighted by Gasteiger charge is 2.29. The van der Waals surface area contributed by atoms with Crippen LogP contribution in [0.25, 0.3) is 0 Å². The number of aliphatic carboxylic acids is 1. The van der Waals surface area contributed by atoms with Crippen molar-refractivity contribution in [3.63, 3.8) is 0 Å². The number of hydrogen-bond donors (Lipinski definition) is 2. The van der Waals surface area contributed by atoms with Crippen molar-refractivity contribution in [2.45, 2.75) is 18.9 Å². The van der Waals surface area contributed by atoms with Gasteiger partial charge in [0.15, 0.2) is 11.5 Å². The average molecular weight is 298 g/mol. The molecule has 1 heterocycles. The largest absolute Gasteiger partial charge is 0.505 e. The second-order valence-corrected chi connectivity index (χ2v) is 5.13. The fourth-order valence-corrected chi connectivity index (χ4v) is 2.55. The van der Waals surface area contributed by atoms with Gasteiger partial charge in [0.25, 0.3) is 0 Å². The van der Waals surface area contributed by atoms with E-state index in [9.17, 15) is 9.90 Å². The molecular weight excluding hydrogens is 283 g/mol. The molecule has 1 aliphatic heterocycles. The number of para-hydroxylation sites is 1. The maximum absolute atomic E-state index is 10.7. The Bertz CT molecular complexity index is 686. The minimum atomic E-state index is -0.856. The Balaban J connectivity index is 1.81. The predicted octanol–water partition coefficient (Wildman–Crippen LogP) is 2.10. The van der Waals surface area contributed by atoms with Gasteiger partial charge in [-0.3, -0.25) is 4.79 Å². The third kappa shape index (κ3) is 2.92. The number of benzene rings is 2. The van der Waals surface area contributed by atoms with Gasteiger partial charge in [0.2, 0.25) is 0 Å². The maximum atomic E-state index is 10.7. The molecule has 112 valence electrons. The molecular formula is C16H15BO5. The fourth-order valence-electron chi connectivity index (χ4n) is 2.55. The lowest BCUT2D eigenvalue weighted by atomic mass is 9.85. The van der Waals surface area contributed by atoms with Crippen LogP contribution in [0.2, 0.25) is 0 Å². The first-order chi connectivity index (χ1) is 10.6. The Morgan fingerprint density at radius 1 is 1.23 bits per heavy atom. The van der Waals surface area contributed by atoms with E-state index in [1.165, 1.54) is 0 Å². The van der Waals surface area contributed by atoms with E-state index >= 15 is 0 Å². The molecule has 0 aliphatic carbocycles. The van der Waals surface area contributed by atoms with Crippen molar-refractivity contribution in [2.24, 2.45) is 0 Å². The van der Waals surface area contributed by atoms with E-state index < -0.39 is 5.97 Å². The molecule has 1 unspecified atom stereocenters. The van der Waals surface area contributed by atoms with Gasteiger partial charge in [-0.1, -0.05) is 24.3 Å². The minimum Gasteiger partial charge on any atom is -0.505 e. The lowest BCUT2D eigenvalue weighted by Gasteiger charge is -2.13. The number of hydrogen-bond acceptors (Lipinski definition) is 4. The quantitative estimate of drug-likeness (QED) is 0.827. The summed E-state index contributed by atoms with van der Waals surface area (Å²) >= 11 is 0. The number of phenols is 1. The maximum Gasteiger partial charge on any atom is 0.313 e. The van der Waals surface area contributed by atoms with Gasteiger partial charge in [0.05, 0.1) is 6.10 Å². The molecule has 0 saturated carbocycles. The normalized spacial score (nSPS) is 15.9. The van der Waals surface area contributed by atoms with Crippen LogP contribution in [0.3, 0.4) is 0 Å². The monoisotopic (exact) mass is 298 g/mol. The lowest BCUT2D eigenvalue weighted by Crippen LogP contribution is -2.12. The van der Waals surface area contributed by atoms with Crippen molar-refractivity contribution in [1.82, 2.24) is 0 Å². The summed E-state index contributed by atoms with van der Waals surface area (Å²) in [6, 6.07) is 12.7. The van der Waals surface area contributed by atoms with Crippen molar-refractivity contribution >= 4 is 18.9 Å². The van der Waals surface area contributed by atoms with Crippen LogP contribution in [0.1, 0.15) is 24.5 Å². The molecule has 22 heavy (non-hydrogen) atoms. The summed E-state index contributed by atoms with van der Waals surface area (Å²) in [7, 11) is 0.261. The summed E-state index contributed by atoms with van der Waals surface area (Å²) in [5, 5.41) is 19.1. The van der Waals surface area contributed by atoms with Crippen LogP contribution in [0.5, 0.6) is 17.2 Å². The van der Waals surface area contributed by atoms with Gasteiger partial charge >= 0.3 is 13.5 Å². The number of fused-ring (bicyclic) bond motifs is 1. The van der Waals surface area contributed by atoms with Crippen LogP contribution in [0, 0.1) is 0 Å². The van der Waals surface area contributed by atoms with Crippen molar-refractivity contribution in [3.8, 4) is 17.2 Å². The van der Waals surface area contributed by atoms with E-state index in [1.54, 1.807) is 18.2 Å². The highest BCUT2D eigenvalue weighted by atomic mass is 16.5. The third-order valence-corrected chi connectivity index (χ3v) is 3.65. The molecule has 2 N–H and O–H groups in total. The van der Waals surface area contributed by atoms with Crippen LogP contribution in [0.4, 0.5) is 0 Å². The van der Waals surface area contributed by atoms with Gasteiger partial charge < -0.3 is 19.6 Å². The van der Waals surface area contributed by atoms with Crippen LogP contribution in [-0.4, -0.2) is 23.7 Å². The van der Waals surface area contributed by atoms with Crippen molar-refractivity contribution in [3.05, 3.63) is 48.0 Å². The number of carboxylic acids is 1. The van der Waals surface area contributed by atoms with E-state index in [1.807, 2.05) is 24.3 Å². The molecule has 1 aliphatic rings. The smallest absolute Gasteiger partial charge is 0.313 e. The van der Waals surface area contributed by atoms with Gasteiger partial charge in [-0.05, 0) is 35.6 Å². The third-order valence-electron chi connectivity index (χ3n) is 3.65. The highest BCUT2D eigenvalue weighted by Crippen LogP contribution is 2.35. The molecule has 3 rings (SSSR count). The predicted molar refractivity (Wildman–Crippen MR) is 82.1 cm³/mol. The molecule has 0 aromatic heterocycles. The molecule has 2 aromatic rings. The summed E-state index contributed by atoms with van der Waals surface area (Å²) < 4.78 is 11.2. The topological polar surface area (TPSA) is 76.0 Å². The van der Waals surface area contributed by atoms with Crippen LogP contribution in [0.15, 0.2) is 42.5 Å². The van der Waals surface area contributed by atoms with Gasteiger partial charge in [0, 0.05) is 6.42 Å². The summed E-state index contributed by atoms with van der Waals surface area (Å²) in [4.78, 5) is 10.7. The van der Waals surface area contributed by atoms with E-state index in [-0.39, 0.29) is 25.8 Å². The number of rotatable bonds is 5. The van der Waals surface area contributed by atoms with Crippen molar-refractivity contribution < 1.29 is 24.4 Å². The van der Waals surface area contributed by atoms with Gasteiger partial charge in [0.1, 0.15) is 5.75 Å². The summed E-state index contributed by atoms with van der Waals surface area (Å²) in [5.74, 6) is 0.205. The Labute approximate surface area is 128 Å². The molecule has 0 bridgehead atoms. The van der Waals surface area contributed by atoms with E-state index in [0.29, 0.717) is 23.4 Å². The minimum absolute atomic E-state index is 0.0349. The van der Waals surface area contributed by atoms with Crippen molar-refractivity contribution in [2.75, 3.05) is 0 Å². The number of carbonyl (C=O) groups is 1. The zero-order valence-electron chi connectivity index (χ0n) is 11.9. The van der Waals surface area contributed by atoms with Gasteiger partial charge in [-0.25, -0.2) is 0 Å². The fraction of sp³-hybridized carbons (Fsp3) is 0.188. The molecule has 0 amide bonds. The first-order valence-corrected chi connectivity index (χ1v) is 7.06. The van der Waals surface area contributed by atoms with Crippen LogP contribution in [-0.2, 0) is 9.45 Å². The Morgan fingerprint density at radius 2 is 2.00 bits per heavy atom. The second-order valence-electron chi connectivity index (χ2n) is 5.13. The average Bonchev–Trinajstić information content (AvgIpc) is 2.93. The lowest BCUT2D eigenvalue weighted by molar-refractivity contribution is -0.137. The first-order valence-electron chi connectivity index (χ1n) is 7.06. The summed E-state index contributed by atoms with van der Waals surface area (Å²) in [6.07, 6.45) is 0.135. The van der Waals surface area contributed by atoms with E-state index in [0.717, 1.165) is 5.56 Å². The highest BCUT2D eigenvalue weighted by molar-refractivity contribution is 6.50. The molecule has 6 heteroatoms. The van der Waals surface area contributed by atoms with Crippen molar-refractivity contribution in [1.29, 1.82) is 0 Å². The number of carboxylic acid groups (broad SMARTS) is 1. The second kappa shape index (κ2) is 6.11. The molecule has 0 fully saturated rings. The first kappa shape index (κ1) is 14.5.